The lowest BCUT2D eigenvalue weighted by atomic mass is 9.70. The Morgan fingerprint density at radius 2 is 1.74 bits per heavy atom. The summed E-state index contributed by atoms with van der Waals surface area (Å²) in [6.07, 6.45) is 0.874. The van der Waals surface area contributed by atoms with Crippen molar-refractivity contribution in [2.24, 2.45) is 29.6 Å². The summed E-state index contributed by atoms with van der Waals surface area (Å²) in [5.74, 6) is -2.72. The minimum absolute atomic E-state index is 0.0405. The fraction of sp³-hybridized carbons (Fsp3) is 0.963. The predicted molar refractivity (Wildman–Crippen MR) is 138 cm³/mol. The summed E-state index contributed by atoms with van der Waals surface area (Å²) >= 11 is 6.44. The Hall–Kier alpha value is -0.610. The maximum absolute atomic E-state index is 14.5. The highest BCUT2D eigenvalue weighted by atomic mass is 35.5. The molecule has 4 aliphatic rings. The summed E-state index contributed by atoms with van der Waals surface area (Å²) < 4.78 is 89.5. The number of alkyl halides is 5. The van der Waals surface area contributed by atoms with Gasteiger partial charge >= 0.3 is 12.1 Å². The molecule has 5 nitrogen and oxygen atoms in total. The van der Waals surface area contributed by atoms with Gasteiger partial charge in [-0.1, -0.05) is 12.8 Å². The monoisotopic (exact) mass is 587 g/mol. The van der Waals surface area contributed by atoms with E-state index in [-0.39, 0.29) is 61.6 Å². The van der Waals surface area contributed by atoms with Gasteiger partial charge in [0, 0.05) is 23.9 Å². The summed E-state index contributed by atoms with van der Waals surface area (Å²) in [4.78, 5) is 12.7. The van der Waals surface area contributed by atoms with Crippen LogP contribution < -0.4 is 0 Å². The number of hydrogen-bond acceptors (Lipinski definition) is 4. The van der Waals surface area contributed by atoms with Crippen molar-refractivity contribution in [3.63, 3.8) is 0 Å². The first-order valence-corrected chi connectivity index (χ1v) is 16.4. The number of rotatable bonds is 7. The van der Waals surface area contributed by atoms with E-state index in [2.05, 4.69) is 0 Å². The van der Waals surface area contributed by atoms with Gasteiger partial charge in [-0.2, -0.15) is 17.5 Å². The average Bonchev–Trinajstić information content (AvgIpc) is 2.87. The second-order valence-corrected chi connectivity index (χ2v) is 14.8. The number of ether oxygens (including phenoxy) is 1. The van der Waals surface area contributed by atoms with Crippen molar-refractivity contribution in [2.75, 3.05) is 13.2 Å². The van der Waals surface area contributed by atoms with Gasteiger partial charge in [-0.3, -0.25) is 4.79 Å². The van der Waals surface area contributed by atoms with Crippen molar-refractivity contribution in [1.29, 1.82) is 0 Å². The molecular weight excluding hydrogens is 546 g/mol. The zero-order valence-corrected chi connectivity index (χ0v) is 23.8. The zero-order valence-electron chi connectivity index (χ0n) is 22.2. The van der Waals surface area contributed by atoms with Gasteiger partial charge in [-0.15, -0.1) is 11.6 Å². The Morgan fingerprint density at radius 3 is 2.42 bits per heavy atom. The SMILES string of the molecule is CCOC(=O)C1CC2CCC(CCC3C(F)CCCC3Cl)CC2N(S(=O)(=O)C2CCCC(C(F)(F)F)C2)C1. The molecule has 4 rings (SSSR count). The Labute approximate surface area is 229 Å². The first kappa shape index (κ1) is 30.4. The molecule has 0 bridgehead atoms. The standard InChI is InChI=1S/C27H42ClF4NO4S/c1-2-37-26(34)19-14-18-11-9-17(10-12-22-23(28)7-4-8-24(22)29)13-25(18)33(16-19)38(35,36)21-6-3-5-20(15-21)27(30,31)32/h17-25H,2-16H2,1H3. The molecule has 0 aromatic rings. The van der Waals surface area contributed by atoms with E-state index >= 15 is 0 Å². The Balaban J connectivity index is 1.51. The molecule has 9 unspecified atom stereocenters. The van der Waals surface area contributed by atoms with E-state index in [1.54, 1.807) is 6.92 Å². The number of halogens is 5. The van der Waals surface area contributed by atoms with Gasteiger partial charge in [0.25, 0.3) is 0 Å². The number of hydrogen-bond donors (Lipinski definition) is 0. The molecule has 220 valence electrons. The van der Waals surface area contributed by atoms with E-state index in [1.807, 2.05) is 0 Å². The highest BCUT2D eigenvalue weighted by Gasteiger charge is 2.51. The molecular formula is C27H42ClF4NO4S. The van der Waals surface area contributed by atoms with Crippen LogP contribution in [0.25, 0.3) is 0 Å². The number of esters is 1. The predicted octanol–water partition coefficient (Wildman–Crippen LogP) is 6.63. The number of fused-ring (bicyclic) bond motifs is 1. The minimum atomic E-state index is -4.42. The lowest BCUT2D eigenvalue weighted by Gasteiger charge is -2.49. The van der Waals surface area contributed by atoms with Crippen LogP contribution in [0.3, 0.4) is 0 Å². The fourth-order valence-electron chi connectivity index (χ4n) is 7.56. The van der Waals surface area contributed by atoms with Gasteiger partial charge in [0.1, 0.15) is 6.17 Å². The molecule has 3 aliphatic carbocycles. The first-order valence-electron chi connectivity index (χ1n) is 14.4. The molecule has 38 heavy (non-hydrogen) atoms. The number of carbonyl (C=O) groups excluding carboxylic acids is 1. The van der Waals surface area contributed by atoms with Crippen molar-refractivity contribution >= 4 is 27.6 Å². The highest BCUT2D eigenvalue weighted by molar-refractivity contribution is 7.89. The van der Waals surface area contributed by atoms with Crippen molar-refractivity contribution in [1.82, 2.24) is 4.31 Å². The normalized spacial score (nSPS) is 39.4. The summed E-state index contributed by atoms with van der Waals surface area (Å²) in [6.45, 7) is 1.84. The van der Waals surface area contributed by atoms with E-state index in [0.717, 1.165) is 32.1 Å². The molecule has 3 saturated carbocycles. The highest BCUT2D eigenvalue weighted by Crippen LogP contribution is 2.46. The third-order valence-electron chi connectivity index (χ3n) is 9.68. The van der Waals surface area contributed by atoms with Gasteiger partial charge in [0.05, 0.1) is 23.7 Å². The Kier molecular flexibility index (Phi) is 9.98. The van der Waals surface area contributed by atoms with Crippen LogP contribution in [0.4, 0.5) is 17.6 Å². The van der Waals surface area contributed by atoms with E-state index in [4.69, 9.17) is 16.3 Å². The number of piperidine rings is 1. The number of nitrogens with zero attached hydrogens (tertiary/aromatic N) is 1. The van der Waals surface area contributed by atoms with Crippen LogP contribution in [0.2, 0.25) is 0 Å². The largest absolute Gasteiger partial charge is 0.466 e. The first-order chi connectivity index (χ1) is 17.9. The van der Waals surface area contributed by atoms with Crippen molar-refractivity contribution in [3.8, 4) is 0 Å². The van der Waals surface area contributed by atoms with Gasteiger partial charge in [0.2, 0.25) is 10.0 Å². The van der Waals surface area contributed by atoms with Crippen LogP contribution >= 0.6 is 11.6 Å². The summed E-state index contributed by atoms with van der Waals surface area (Å²) in [6, 6.07) is -0.352. The quantitative estimate of drug-likeness (QED) is 0.190. The number of sulfonamides is 1. The molecule has 0 spiro atoms. The molecule has 0 aromatic heterocycles. The molecule has 1 saturated heterocycles. The van der Waals surface area contributed by atoms with Crippen molar-refractivity contribution in [3.05, 3.63) is 0 Å². The van der Waals surface area contributed by atoms with E-state index in [0.29, 0.717) is 25.7 Å². The molecule has 0 N–H and O–H groups in total. The second kappa shape index (κ2) is 12.5. The lowest BCUT2D eigenvalue weighted by molar-refractivity contribution is -0.181. The van der Waals surface area contributed by atoms with Crippen LogP contribution in [0.15, 0.2) is 0 Å². The zero-order chi connectivity index (χ0) is 27.7. The Morgan fingerprint density at radius 1 is 1.00 bits per heavy atom. The average molecular weight is 588 g/mol. The number of carbonyl (C=O) groups is 1. The van der Waals surface area contributed by atoms with Crippen LogP contribution in [-0.2, 0) is 19.6 Å². The minimum Gasteiger partial charge on any atom is -0.466 e. The van der Waals surface area contributed by atoms with Crippen LogP contribution in [0, 0.1) is 29.6 Å². The molecule has 4 fully saturated rings. The summed E-state index contributed by atoms with van der Waals surface area (Å²) in [7, 11) is -4.06. The molecule has 9 atom stereocenters. The topological polar surface area (TPSA) is 63.7 Å². The van der Waals surface area contributed by atoms with E-state index < -0.39 is 51.8 Å². The third kappa shape index (κ3) is 6.81. The fourth-order valence-corrected chi connectivity index (χ4v) is 10.3. The molecule has 0 amide bonds. The molecule has 0 aromatic carbocycles. The van der Waals surface area contributed by atoms with Crippen molar-refractivity contribution in [2.45, 2.75) is 119 Å². The maximum Gasteiger partial charge on any atom is 0.391 e. The van der Waals surface area contributed by atoms with Crippen LogP contribution in [0.1, 0.15) is 90.4 Å². The molecule has 11 heteroatoms. The van der Waals surface area contributed by atoms with Gasteiger partial charge in [-0.05, 0) is 89.4 Å². The maximum atomic E-state index is 14.5. The third-order valence-corrected chi connectivity index (χ3v) is 12.6. The van der Waals surface area contributed by atoms with Gasteiger partial charge < -0.3 is 4.74 Å². The van der Waals surface area contributed by atoms with Crippen LogP contribution in [0.5, 0.6) is 0 Å². The molecule has 0 radical (unpaired) electrons. The van der Waals surface area contributed by atoms with E-state index in [1.165, 1.54) is 4.31 Å². The smallest absolute Gasteiger partial charge is 0.391 e. The molecule has 1 aliphatic heterocycles. The van der Waals surface area contributed by atoms with Crippen molar-refractivity contribution < 1.29 is 35.5 Å². The van der Waals surface area contributed by atoms with Gasteiger partial charge in [-0.25, -0.2) is 12.8 Å². The summed E-state index contributed by atoms with van der Waals surface area (Å²) in [5, 5.41) is -1.28. The second-order valence-electron chi connectivity index (χ2n) is 12.0. The van der Waals surface area contributed by atoms with Crippen LogP contribution in [-0.4, -0.2) is 60.9 Å². The Bertz CT molecular complexity index is 909. The lowest BCUT2D eigenvalue weighted by Crippen LogP contribution is -2.57. The van der Waals surface area contributed by atoms with Gasteiger partial charge in [0.15, 0.2) is 0 Å². The molecule has 1 heterocycles. The summed E-state index contributed by atoms with van der Waals surface area (Å²) in [5.41, 5.74) is 0. The van der Waals surface area contributed by atoms with E-state index in [9.17, 15) is 30.8 Å².